The van der Waals surface area contributed by atoms with E-state index in [1.807, 2.05) is 0 Å². The number of hydrogen-bond acceptors (Lipinski definition) is 3. The van der Waals surface area contributed by atoms with Crippen LogP contribution in [0.25, 0.3) is 0 Å². The van der Waals surface area contributed by atoms with Gasteiger partial charge in [-0.05, 0) is 12.1 Å². The van der Waals surface area contributed by atoms with Gasteiger partial charge in [-0.2, -0.15) is 0 Å². The molecule has 1 heterocycles. The van der Waals surface area contributed by atoms with Crippen molar-refractivity contribution >= 4 is 11.8 Å². The van der Waals surface area contributed by atoms with E-state index in [-0.39, 0.29) is 18.8 Å². The van der Waals surface area contributed by atoms with E-state index in [2.05, 4.69) is 0 Å². The standard InChI is InChI=1S/C10H9F2NO3/c11-6-1-7(12)3-8(2-6)13-4-9(5-14)16-10(13)15/h1-3,9,14H,4-5H2. The Morgan fingerprint density at radius 2 is 2.00 bits per heavy atom. The number of amides is 1. The minimum atomic E-state index is -0.768. The Hall–Kier alpha value is -1.69. The summed E-state index contributed by atoms with van der Waals surface area (Å²) in [6, 6.07) is 2.78. The van der Waals surface area contributed by atoms with Crippen LogP contribution in [0.2, 0.25) is 0 Å². The van der Waals surface area contributed by atoms with E-state index in [0.29, 0.717) is 6.07 Å². The minimum Gasteiger partial charge on any atom is -0.441 e. The molecule has 1 fully saturated rings. The monoisotopic (exact) mass is 229 g/mol. The van der Waals surface area contributed by atoms with Gasteiger partial charge in [0.15, 0.2) is 0 Å². The lowest BCUT2D eigenvalue weighted by Crippen LogP contribution is -2.25. The number of nitrogens with zero attached hydrogens (tertiary/aromatic N) is 1. The third-order valence-electron chi connectivity index (χ3n) is 2.24. The first-order valence-electron chi connectivity index (χ1n) is 4.65. The van der Waals surface area contributed by atoms with Gasteiger partial charge in [-0.15, -0.1) is 0 Å². The highest BCUT2D eigenvalue weighted by molar-refractivity contribution is 5.89. The number of rotatable bonds is 2. The Morgan fingerprint density at radius 1 is 1.38 bits per heavy atom. The topological polar surface area (TPSA) is 49.8 Å². The second-order valence-electron chi connectivity index (χ2n) is 3.43. The van der Waals surface area contributed by atoms with Crippen LogP contribution < -0.4 is 4.90 Å². The Labute approximate surface area is 90.0 Å². The maximum Gasteiger partial charge on any atom is 0.414 e. The Kier molecular flexibility index (Phi) is 2.74. The van der Waals surface area contributed by atoms with Crippen molar-refractivity contribution in [2.45, 2.75) is 6.10 Å². The summed E-state index contributed by atoms with van der Waals surface area (Å²) >= 11 is 0. The number of benzene rings is 1. The van der Waals surface area contributed by atoms with Crippen molar-refractivity contribution in [1.29, 1.82) is 0 Å². The van der Waals surface area contributed by atoms with Gasteiger partial charge in [-0.1, -0.05) is 0 Å². The van der Waals surface area contributed by atoms with E-state index >= 15 is 0 Å². The summed E-state index contributed by atoms with van der Waals surface area (Å²) in [6.45, 7) is -0.238. The highest BCUT2D eigenvalue weighted by Gasteiger charge is 2.32. The smallest absolute Gasteiger partial charge is 0.414 e. The molecule has 1 atom stereocenters. The maximum absolute atomic E-state index is 12.9. The van der Waals surface area contributed by atoms with Crippen LogP contribution in [-0.4, -0.2) is 30.5 Å². The maximum atomic E-state index is 12.9. The lowest BCUT2D eigenvalue weighted by atomic mass is 10.2. The molecule has 1 aromatic carbocycles. The molecule has 6 heteroatoms. The Bertz CT molecular complexity index is 404. The Balaban J connectivity index is 2.27. The fourth-order valence-electron chi connectivity index (χ4n) is 1.52. The molecule has 4 nitrogen and oxygen atoms in total. The molecular formula is C10H9F2NO3. The van der Waals surface area contributed by atoms with Gasteiger partial charge in [0.05, 0.1) is 18.8 Å². The molecule has 0 saturated carbocycles. The summed E-state index contributed by atoms with van der Waals surface area (Å²) in [7, 11) is 0. The van der Waals surface area contributed by atoms with Gasteiger partial charge < -0.3 is 9.84 Å². The fourth-order valence-corrected chi connectivity index (χ4v) is 1.52. The number of anilines is 1. The van der Waals surface area contributed by atoms with Crippen LogP contribution in [0.5, 0.6) is 0 Å². The number of aliphatic hydroxyl groups is 1. The van der Waals surface area contributed by atoms with E-state index in [0.717, 1.165) is 17.0 Å². The van der Waals surface area contributed by atoms with Crippen LogP contribution in [0.1, 0.15) is 0 Å². The highest BCUT2D eigenvalue weighted by atomic mass is 19.1. The van der Waals surface area contributed by atoms with Gasteiger partial charge in [0, 0.05) is 6.07 Å². The van der Waals surface area contributed by atoms with Gasteiger partial charge in [0.1, 0.15) is 17.7 Å². The molecule has 0 radical (unpaired) electrons. The fraction of sp³-hybridized carbons (Fsp3) is 0.300. The summed E-state index contributed by atoms with van der Waals surface area (Å²) in [6.07, 6.45) is -1.37. The molecule has 1 amide bonds. The zero-order valence-electron chi connectivity index (χ0n) is 8.19. The molecule has 1 N–H and O–H groups in total. The number of carbonyl (C=O) groups is 1. The molecule has 1 aliphatic heterocycles. The molecule has 0 bridgehead atoms. The summed E-state index contributed by atoms with van der Waals surface area (Å²) in [5, 5.41) is 8.81. The van der Waals surface area contributed by atoms with Crippen molar-refractivity contribution in [2.24, 2.45) is 0 Å². The quantitative estimate of drug-likeness (QED) is 0.831. The molecule has 86 valence electrons. The van der Waals surface area contributed by atoms with Gasteiger partial charge in [0.25, 0.3) is 0 Å². The summed E-state index contributed by atoms with van der Waals surface area (Å²) in [5.41, 5.74) is 0.0819. The van der Waals surface area contributed by atoms with E-state index in [9.17, 15) is 13.6 Å². The molecule has 0 aromatic heterocycles. The van der Waals surface area contributed by atoms with E-state index in [4.69, 9.17) is 9.84 Å². The summed E-state index contributed by atoms with van der Waals surface area (Å²) < 4.78 is 30.6. The average Bonchev–Trinajstić information content (AvgIpc) is 2.58. The van der Waals surface area contributed by atoms with Crippen molar-refractivity contribution in [2.75, 3.05) is 18.1 Å². The minimum absolute atomic E-state index is 0.0816. The molecular weight excluding hydrogens is 220 g/mol. The van der Waals surface area contributed by atoms with E-state index < -0.39 is 23.8 Å². The van der Waals surface area contributed by atoms with Crippen molar-refractivity contribution < 1.29 is 23.4 Å². The van der Waals surface area contributed by atoms with E-state index in [1.165, 1.54) is 0 Å². The average molecular weight is 229 g/mol. The number of aliphatic hydroxyl groups excluding tert-OH is 1. The van der Waals surface area contributed by atoms with Crippen molar-refractivity contribution in [3.63, 3.8) is 0 Å². The predicted molar refractivity (Wildman–Crippen MR) is 51.1 cm³/mol. The van der Waals surface area contributed by atoms with Gasteiger partial charge >= 0.3 is 6.09 Å². The van der Waals surface area contributed by atoms with Gasteiger partial charge in [-0.25, -0.2) is 13.6 Å². The molecule has 0 spiro atoms. The first-order valence-corrected chi connectivity index (χ1v) is 4.65. The number of carbonyl (C=O) groups excluding carboxylic acids is 1. The molecule has 1 aliphatic rings. The third-order valence-corrected chi connectivity index (χ3v) is 2.24. The third kappa shape index (κ3) is 1.96. The first-order chi connectivity index (χ1) is 7.60. The van der Waals surface area contributed by atoms with Crippen LogP contribution >= 0.6 is 0 Å². The first kappa shape index (κ1) is 10.8. The number of cyclic esters (lactones) is 1. The summed E-state index contributed by atoms with van der Waals surface area (Å²) in [4.78, 5) is 12.4. The lowest BCUT2D eigenvalue weighted by Gasteiger charge is -2.12. The molecule has 0 aliphatic carbocycles. The molecule has 1 unspecified atom stereocenters. The lowest BCUT2D eigenvalue weighted by molar-refractivity contribution is 0.0963. The van der Waals surface area contributed by atoms with Gasteiger partial charge in [-0.3, -0.25) is 4.90 Å². The van der Waals surface area contributed by atoms with Crippen molar-refractivity contribution in [1.82, 2.24) is 0 Å². The molecule has 1 saturated heterocycles. The van der Waals surface area contributed by atoms with Crippen LogP contribution in [0.4, 0.5) is 19.3 Å². The number of halogens is 2. The van der Waals surface area contributed by atoms with Crippen LogP contribution in [-0.2, 0) is 4.74 Å². The normalized spacial score (nSPS) is 20.1. The van der Waals surface area contributed by atoms with Crippen LogP contribution in [0, 0.1) is 11.6 Å². The van der Waals surface area contributed by atoms with Crippen molar-refractivity contribution in [3.05, 3.63) is 29.8 Å². The second kappa shape index (κ2) is 4.05. The molecule has 2 rings (SSSR count). The Morgan fingerprint density at radius 3 is 2.50 bits per heavy atom. The number of hydrogen-bond donors (Lipinski definition) is 1. The zero-order chi connectivity index (χ0) is 11.7. The number of ether oxygens (including phenoxy) is 1. The van der Waals surface area contributed by atoms with Crippen LogP contribution in [0.3, 0.4) is 0 Å². The predicted octanol–water partition coefficient (Wildman–Crippen LogP) is 1.28. The van der Waals surface area contributed by atoms with Gasteiger partial charge in [0.2, 0.25) is 0 Å². The zero-order valence-corrected chi connectivity index (χ0v) is 8.19. The highest BCUT2D eigenvalue weighted by Crippen LogP contribution is 2.23. The van der Waals surface area contributed by atoms with E-state index in [1.54, 1.807) is 0 Å². The van der Waals surface area contributed by atoms with Crippen LogP contribution in [0.15, 0.2) is 18.2 Å². The SMILES string of the molecule is O=C1OC(CO)CN1c1cc(F)cc(F)c1. The van der Waals surface area contributed by atoms with Crippen molar-refractivity contribution in [3.8, 4) is 0 Å². The largest absolute Gasteiger partial charge is 0.441 e. The molecule has 16 heavy (non-hydrogen) atoms. The second-order valence-corrected chi connectivity index (χ2v) is 3.43. The summed E-state index contributed by atoms with van der Waals surface area (Å²) in [5.74, 6) is -1.54. The molecule has 1 aromatic rings.